The number of para-hydroxylation sites is 1. The van der Waals surface area contributed by atoms with Crippen molar-refractivity contribution in [2.24, 2.45) is 5.92 Å². The summed E-state index contributed by atoms with van der Waals surface area (Å²) in [6.07, 6.45) is 1.22. The molecule has 0 radical (unpaired) electrons. The molecular weight excluding hydrogens is 364 g/mol. The molecule has 6 nitrogen and oxygen atoms in total. The summed E-state index contributed by atoms with van der Waals surface area (Å²) in [5.74, 6) is 0.709. The predicted molar refractivity (Wildman–Crippen MR) is 117 cm³/mol. The van der Waals surface area contributed by atoms with Crippen molar-refractivity contribution in [2.75, 3.05) is 18.4 Å². The molecule has 1 heterocycles. The molecule has 158 valence electrons. The fourth-order valence-corrected chi connectivity index (χ4v) is 3.03. The first-order chi connectivity index (χ1) is 13.6. The zero-order valence-electron chi connectivity index (χ0n) is 18.5. The Morgan fingerprint density at radius 1 is 1.17 bits per heavy atom. The number of rotatable bonds is 8. The number of nitrogens with zero attached hydrogens (tertiary/aromatic N) is 3. The van der Waals surface area contributed by atoms with E-state index in [1.807, 2.05) is 57.2 Å². The minimum Gasteiger partial charge on any atom is -0.333 e. The van der Waals surface area contributed by atoms with Gasteiger partial charge in [0.15, 0.2) is 0 Å². The second-order valence-corrected chi connectivity index (χ2v) is 8.88. The van der Waals surface area contributed by atoms with E-state index >= 15 is 0 Å². The molecule has 0 unspecified atom stereocenters. The number of nitrogens with one attached hydrogen (secondary N) is 1. The van der Waals surface area contributed by atoms with Gasteiger partial charge in [0.1, 0.15) is 5.82 Å². The van der Waals surface area contributed by atoms with E-state index in [9.17, 15) is 9.59 Å². The first-order valence-electron chi connectivity index (χ1n) is 10.4. The summed E-state index contributed by atoms with van der Waals surface area (Å²) >= 11 is 0. The van der Waals surface area contributed by atoms with Crippen LogP contribution in [0.1, 0.15) is 60.1 Å². The first-order valence-corrected chi connectivity index (χ1v) is 10.4. The van der Waals surface area contributed by atoms with Crippen LogP contribution >= 0.6 is 0 Å². The van der Waals surface area contributed by atoms with Gasteiger partial charge in [-0.15, -0.1) is 0 Å². The molecule has 0 aliphatic heterocycles. The Hall–Kier alpha value is -2.63. The maximum Gasteiger partial charge on any atom is 0.245 e. The van der Waals surface area contributed by atoms with Crippen LogP contribution in [0.25, 0.3) is 5.69 Å². The second-order valence-electron chi connectivity index (χ2n) is 8.88. The summed E-state index contributed by atoms with van der Waals surface area (Å²) < 4.78 is 1.75. The Morgan fingerprint density at radius 2 is 1.83 bits per heavy atom. The van der Waals surface area contributed by atoms with E-state index in [0.29, 0.717) is 24.7 Å². The van der Waals surface area contributed by atoms with Crippen LogP contribution in [0.5, 0.6) is 0 Å². The quantitative estimate of drug-likeness (QED) is 0.717. The van der Waals surface area contributed by atoms with E-state index in [4.69, 9.17) is 5.10 Å². The lowest BCUT2D eigenvalue weighted by molar-refractivity contribution is -0.135. The first kappa shape index (κ1) is 22.7. The summed E-state index contributed by atoms with van der Waals surface area (Å²) in [7, 11) is 0. The molecule has 29 heavy (non-hydrogen) atoms. The molecule has 0 bridgehead atoms. The standard InChI is InChI=1S/C23H34N4O2/c1-7-11-22(29)26(15-17(2)3)16-21(28)24-20-14-19(23(4,5)6)25-27(20)18-12-9-8-10-13-18/h8-10,12-14,17H,7,11,15-16H2,1-6H3,(H,24,28). The molecule has 0 atom stereocenters. The monoisotopic (exact) mass is 398 g/mol. The highest BCUT2D eigenvalue weighted by molar-refractivity contribution is 5.94. The van der Waals surface area contributed by atoms with Crippen molar-refractivity contribution in [1.82, 2.24) is 14.7 Å². The van der Waals surface area contributed by atoms with Gasteiger partial charge in [0.2, 0.25) is 11.8 Å². The molecule has 6 heteroatoms. The van der Waals surface area contributed by atoms with E-state index < -0.39 is 0 Å². The molecule has 1 aromatic carbocycles. The number of benzene rings is 1. The summed E-state index contributed by atoms with van der Waals surface area (Å²) in [5, 5.41) is 7.69. The number of amides is 2. The molecule has 0 saturated heterocycles. The molecule has 1 aromatic heterocycles. The van der Waals surface area contributed by atoms with Gasteiger partial charge >= 0.3 is 0 Å². The molecule has 0 aliphatic carbocycles. The van der Waals surface area contributed by atoms with Crippen LogP contribution in [0, 0.1) is 5.92 Å². The van der Waals surface area contributed by atoms with Crippen molar-refractivity contribution in [3.63, 3.8) is 0 Å². The van der Waals surface area contributed by atoms with E-state index in [1.165, 1.54) is 0 Å². The van der Waals surface area contributed by atoms with E-state index in [0.717, 1.165) is 17.8 Å². The molecule has 0 saturated carbocycles. The SMILES string of the molecule is CCCC(=O)N(CC(=O)Nc1cc(C(C)(C)C)nn1-c1ccccc1)CC(C)C. The third-order valence-corrected chi connectivity index (χ3v) is 4.48. The van der Waals surface area contributed by atoms with E-state index in [1.54, 1.807) is 9.58 Å². The number of carbonyl (C=O) groups is 2. The van der Waals surface area contributed by atoms with Gasteiger partial charge in [-0.2, -0.15) is 5.10 Å². The molecule has 0 fully saturated rings. The van der Waals surface area contributed by atoms with Crippen LogP contribution < -0.4 is 5.32 Å². The van der Waals surface area contributed by atoms with Gasteiger partial charge in [0.25, 0.3) is 0 Å². The second kappa shape index (κ2) is 9.72. The number of carbonyl (C=O) groups excluding carboxylic acids is 2. The fraction of sp³-hybridized carbons (Fsp3) is 0.522. The van der Waals surface area contributed by atoms with Crippen LogP contribution in [-0.2, 0) is 15.0 Å². The number of hydrogen-bond donors (Lipinski definition) is 1. The number of aromatic nitrogens is 2. The minimum absolute atomic E-state index is 0.0169. The van der Waals surface area contributed by atoms with Crippen molar-refractivity contribution in [3.8, 4) is 5.69 Å². The average molecular weight is 399 g/mol. The van der Waals surface area contributed by atoms with Gasteiger partial charge in [-0.25, -0.2) is 4.68 Å². The zero-order chi connectivity index (χ0) is 21.6. The minimum atomic E-state index is -0.215. The number of hydrogen-bond acceptors (Lipinski definition) is 3. The molecule has 0 spiro atoms. The Bertz CT molecular complexity index is 819. The van der Waals surface area contributed by atoms with Gasteiger partial charge < -0.3 is 10.2 Å². The lowest BCUT2D eigenvalue weighted by Gasteiger charge is -2.24. The summed E-state index contributed by atoms with van der Waals surface area (Å²) in [4.78, 5) is 26.9. The highest BCUT2D eigenvalue weighted by Gasteiger charge is 2.23. The normalized spacial score (nSPS) is 11.6. The Labute approximate surface area is 174 Å². The van der Waals surface area contributed by atoms with E-state index in [-0.39, 0.29) is 23.8 Å². The molecular formula is C23H34N4O2. The molecule has 2 aromatic rings. The highest BCUT2D eigenvalue weighted by atomic mass is 16.2. The van der Waals surface area contributed by atoms with Crippen LogP contribution in [0.4, 0.5) is 5.82 Å². The smallest absolute Gasteiger partial charge is 0.245 e. The van der Waals surface area contributed by atoms with Gasteiger partial charge in [-0.05, 0) is 24.5 Å². The topological polar surface area (TPSA) is 67.2 Å². The third kappa shape index (κ3) is 6.44. The molecule has 2 rings (SSSR count). The van der Waals surface area contributed by atoms with Crippen molar-refractivity contribution in [2.45, 2.75) is 59.8 Å². The van der Waals surface area contributed by atoms with Crippen molar-refractivity contribution >= 4 is 17.6 Å². The van der Waals surface area contributed by atoms with Crippen LogP contribution in [-0.4, -0.2) is 39.6 Å². The summed E-state index contributed by atoms with van der Waals surface area (Å²) in [5.41, 5.74) is 1.61. The Balaban J connectivity index is 2.26. The highest BCUT2D eigenvalue weighted by Crippen LogP contribution is 2.26. The van der Waals surface area contributed by atoms with Gasteiger partial charge in [0.05, 0.1) is 17.9 Å². The van der Waals surface area contributed by atoms with Crippen LogP contribution in [0.15, 0.2) is 36.4 Å². The Kier molecular flexibility index (Phi) is 7.59. The van der Waals surface area contributed by atoms with Crippen molar-refractivity contribution < 1.29 is 9.59 Å². The Morgan fingerprint density at radius 3 is 2.38 bits per heavy atom. The van der Waals surface area contributed by atoms with Crippen molar-refractivity contribution in [3.05, 3.63) is 42.1 Å². The predicted octanol–water partition coefficient (Wildman–Crippen LogP) is 4.39. The summed E-state index contributed by atoms with van der Waals surface area (Å²) in [6.45, 7) is 12.9. The zero-order valence-corrected chi connectivity index (χ0v) is 18.5. The fourth-order valence-electron chi connectivity index (χ4n) is 3.03. The number of anilines is 1. The van der Waals surface area contributed by atoms with Gasteiger partial charge in [-0.1, -0.05) is 59.7 Å². The van der Waals surface area contributed by atoms with Crippen LogP contribution in [0.2, 0.25) is 0 Å². The summed E-state index contributed by atoms with van der Waals surface area (Å²) in [6, 6.07) is 11.6. The van der Waals surface area contributed by atoms with Gasteiger partial charge in [0, 0.05) is 24.4 Å². The lowest BCUT2D eigenvalue weighted by atomic mass is 9.92. The van der Waals surface area contributed by atoms with E-state index in [2.05, 4.69) is 26.1 Å². The lowest BCUT2D eigenvalue weighted by Crippen LogP contribution is -2.40. The van der Waals surface area contributed by atoms with Crippen LogP contribution in [0.3, 0.4) is 0 Å². The average Bonchev–Trinajstić information content (AvgIpc) is 3.05. The maximum absolute atomic E-state index is 12.8. The molecule has 1 N–H and O–H groups in total. The van der Waals surface area contributed by atoms with Crippen molar-refractivity contribution in [1.29, 1.82) is 0 Å². The maximum atomic E-state index is 12.8. The largest absolute Gasteiger partial charge is 0.333 e. The molecule has 2 amide bonds. The third-order valence-electron chi connectivity index (χ3n) is 4.48. The van der Waals surface area contributed by atoms with Gasteiger partial charge in [-0.3, -0.25) is 9.59 Å². The molecule has 0 aliphatic rings.